The molecule has 0 aliphatic carbocycles. The van der Waals surface area contributed by atoms with Gasteiger partial charge in [-0.3, -0.25) is 4.79 Å². The van der Waals surface area contributed by atoms with Crippen LogP contribution in [0.25, 0.3) is 0 Å². The molecule has 0 saturated heterocycles. The molecule has 7 nitrogen and oxygen atoms in total. The van der Waals surface area contributed by atoms with Crippen molar-refractivity contribution in [2.75, 3.05) is 37.3 Å². The summed E-state index contributed by atoms with van der Waals surface area (Å²) in [5.74, 6) is 7.06. The zero-order chi connectivity index (χ0) is 22.7. The van der Waals surface area contributed by atoms with Crippen LogP contribution in [0.4, 0.5) is 21.8 Å². The van der Waals surface area contributed by atoms with E-state index >= 15 is 0 Å². The number of amides is 1. The molecule has 0 bridgehead atoms. The first-order chi connectivity index (χ1) is 14.8. The van der Waals surface area contributed by atoms with Crippen molar-refractivity contribution >= 4 is 23.4 Å². The molecule has 1 aromatic carbocycles. The average Bonchev–Trinajstić information content (AvgIpc) is 2.71. The normalized spacial score (nSPS) is 10.7. The Balaban J connectivity index is 2.13. The van der Waals surface area contributed by atoms with Crippen LogP contribution in [-0.4, -0.2) is 42.6 Å². The third-order valence-electron chi connectivity index (χ3n) is 4.36. The van der Waals surface area contributed by atoms with Crippen LogP contribution in [0.1, 0.15) is 39.2 Å². The molecule has 8 heteroatoms. The summed E-state index contributed by atoms with van der Waals surface area (Å²) in [6, 6.07) is 6.13. The zero-order valence-electron chi connectivity index (χ0n) is 18.6. The maximum absolute atomic E-state index is 13.4. The van der Waals surface area contributed by atoms with Crippen molar-refractivity contribution in [2.24, 2.45) is 5.41 Å². The number of halogens is 1. The third-order valence-corrected chi connectivity index (χ3v) is 4.36. The van der Waals surface area contributed by atoms with E-state index in [-0.39, 0.29) is 17.1 Å². The van der Waals surface area contributed by atoms with Crippen LogP contribution in [0.5, 0.6) is 0 Å². The Morgan fingerprint density at radius 3 is 2.77 bits per heavy atom. The molecule has 1 heterocycles. The van der Waals surface area contributed by atoms with Gasteiger partial charge >= 0.3 is 0 Å². The Morgan fingerprint density at radius 1 is 1.26 bits per heavy atom. The molecule has 0 aliphatic rings. The number of anilines is 3. The molecule has 0 fully saturated rings. The number of hydrogen-bond donors (Lipinski definition) is 4. The fourth-order valence-electron chi connectivity index (χ4n) is 2.64. The third kappa shape index (κ3) is 8.60. The smallest absolute Gasteiger partial charge is 0.233 e. The number of carbonyl (C=O) groups excluding carboxylic acids is 1. The van der Waals surface area contributed by atoms with Gasteiger partial charge in [-0.25, -0.2) is 9.37 Å². The van der Waals surface area contributed by atoms with Crippen molar-refractivity contribution < 1.29 is 9.18 Å². The first kappa shape index (κ1) is 24.1. The molecule has 0 unspecified atom stereocenters. The molecule has 1 amide bonds. The van der Waals surface area contributed by atoms with Crippen molar-refractivity contribution in [2.45, 2.75) is 33.6 Å². The maximum Gasteiger partial charge on any atom is 0.233 e. The number of likely N-dealkylation sites (N-methyl/N-ethyl adjacent to an activating group) is 1. The van der Waals surface area contributed by atoms with Crippen LogP contribution in [-0.2, 0) is 4.79 Å². The van der Waals surface area contributed by atoms with E-state index in [0.717, 1.165) is 13.0 Å². The Hall–Kier alpha value is -3.18. The lowest BCUT2D eigenvalue weighted by Gasteiger charge is -2.18. The lowest BCUT2D eigenvalue weighted by Crippen LogP contribution is -2.34. The van der Waals surface area contributed by atoms with E-state index in [1.54, 1.807) is 25.4 Å². The molecule has 0 saturated carbocycles. The van der Waals surface area contributed by atoms with Gasteiger partial charge in [-0.1, -0.05) is 24.8 Å². The van der Waals surface area contributed by atoms with Crippen LogP contribution in [0.2, 0.25) is 0 Å². The molecular weight excluding hydrogens is 395 g/mol. The molecule has 4 N–H and O–H groups in total. The Labute approximate surface area is 183 Å². The van der Waals surface area contributed by atoms with Gasteiger partial charge in [0.1, 0.15) is 11.6 Å². The van der Waals surface area contributed by atoms with E-state index in [0.29, 0.717) is 42.5 Å². The Bertz CT molecular complexity index is 935. The number of nitrogens with zero attached hydrogens (tertiary/aromatic N) is 2. The lowest BCUT2D eigenvalue weighted by molar-refractivity contribution is -0.120. The van der Waals surface area contributed by atoms with E-state index in [1.807, 2.05) is 13.8 Å². The molecular formula is C23H31FN6O. The van der Waals surface area contributed by atoms with Crippen molar-refractivity contribution in [1.29, 1.82) is 0 Å². The molecule has 166 valence electrons. The van der Waals surface area contributed by atoms with Crippen LogP contribution in [0.3, 0.4) is 0 Å². The van der Waals surface area contributed by atoms with Crippen molar-refractivity contribution in [1.82, 2.24) is 20.6 Å². The Kier molecular flexibility index (Phi) is 9.22. The van der Waals surface area contributed by atoms with E-state index in [9.17, 15) is 9.18 Å². The summed E-state index contributed by atoms with van der Waals surface area (Å²) in [5.41, 5.74) is 0.959. The second-order valence-corrected chi connectivity index (χ2v) is 7.78. The summed E-state index contributed by atoms with van der Waals surface area (Å²) in [5, 5.41) is 12.0. The summed E-state index contributed by atoms with van der Waals surface area (Å²) in [6.07, 6.45) is 3.30. The molecule has 0 atom stereocenters. The quantitative estimate of drug-likeness (QED) is 0.436. The van der Waals surface area contributed by atoms with Gasteiger partial charge < -0.3 is 21.3 Å². The highest BCUT2D eigenvalue weighted by atomic mass is 19.1. The number of benzene rings is 1. The van der Waals surface area contributed by atoms with Gasteiger partial charge in [-0.05, 0) is 51.9 Å². The van der Waals surface area contributed by atoms with Gasteiger partial charge in [0.2, 0.25) is 11.9 Å². The molecule has 2 rings (SSSR count). The number of carbonyl (C=O) groups is 1. The highest BCUT2D eigenvalue weighted by Gasteiger charge is 2.15. The fourth-order valence-corrected chi connectivity index (χ4v) is 2.64. The van der Waals surface area contributed by atoms with Gasteiger partial charge in [0.25, 0.3) is 0 Å². The van der Waals surface area contributed by atoms with E-state index in [4.69, 9.17) is 0 Å². The molecule has 0 radical (unpaired) electrons. The average molecular weight is 427 g/mol. The minimum atomic E-state index is -0.332. The highest BCUT2D eigenvalue weighted by molar-refractivity contribution is 5.77. The number of hydrogen-bond acceptors (Lipinski definition) is 6. The van der Waals surface area contributed by atoms with Gasteiger partial charge in [0.05, 0.1) is 18.3 Å². The monoisotopic (exact) mass is 426 g/mol. The van der Waals surface area contributed by atoms with E-state index in [1.165, 1.54) is 12.1 Å². The Morgan fingerprint density at radius 2 is 2.06 bits per heavy atom. The van der Waals surface area contributed by atoms with E-state index < -0.39 is 0 Å². The number of nitrogens with one attached hydrogen (secondary N) is 4. The van der Waals surface area contributed by atoms with Crippen molar-refractivity contribution in [3.8, 4) is 11.8 Å². The van der Waals surface area contributed by atoms with Crippen LogP contribution >= 0.6 is 0 Å². The summed E-state index contributed by atoms with van der Waals surface area (Å²) < 4.78 is 13.4. The number of rotatable bonds is 10. The first-order valence-electron chi connectivity index (χ1n) is 10.4. The van der Waals surface area contributed by atoms with Crippen molar-refractivity contribution in [3.63, 3.8) is 0 Å². The van der Waals surface area contributed by atoms with E-state index in [2.05, 4.69) is 50.0 Å². The van der Waals surface area contributed by atoms with Gasteiger partial charge in [0, 0.05) is 24.2 Å². The van der Waals surface area contributed by atoms with Crippen LogP contribution < -0.4 is 21.3 Å². The first-order valence-corrected chi connectivity index (χ1v) is 10.4. The summed E-state index contributed by atoms with van der Waals surface area (Å²) >= 11 is 0. The van der Waals surface area contributed by atoms with Gasteiger partial charge in [-0.15, -0.1) is 0 Å². The second-order valence-electron chi connectivity index (χ2n) is 7.78. The summed E-state index contributed by atoms with van der Waals surface area (Å²) in [7, 11) is 1.74. The molecule has 0 spiro atoms. The topological polar surface area (TPSA) is 91.0 Å². The highest BCUT2D eigenvalue weighted by Crippen LogP contribution is 2.21. The molecule has 31 heavy (non-hydrogen) atoms. The maximum atomic E-state index is 13.4. The minimum absolute atomic E-state index is 0.0351. The van der Waals surface area contributed by atoms with Gasteiger partial charge in [0.15, 0.2) is 0 Å². The summed E-state index contributed by atoms with van der Waals surface area (Å²) in [4.78, 5) is 20.4. The minimum Gasteiger partial charge on any atom is -0.369 e. The molecule has 2 aromatic rings. The predicted octanol–water partition coefficient (Wildman–Crippen LogP) is 3.28. The SMILES string of the molecule is CCCNc1nc(Nc2cccc(F)c2)ncc1C#CC(C)(C)CCNC(=O)CNC. The lowest BCUT2D eigenvalue weighted by atomic mass is 9.90. The van der Waals surface area contributed by atoms with Gasteiger partial charge in [-0.2, -0.15) is 4.98 Å². The number of aromatic nitrogens is 2. The fraction of sp³-hybridized carbons (Fsp3) is 0.435. The predicted molar refractivity (Wildman–Crippen MR) is 123 cm³/mol. The van der Waals surface area contributed by atoms with Crippen LogP contribution in [0.15, 0.2) is 30.5 Å². The molecule has 1 aromatic heterocycles. The zero-order valence-corrected chi connectivity index (χ0v) is 18.6. The second kappa shape index (κ2) is 11.9. The summed E-state index contributed by atoms with van der Waals surface area (Å²) in [6.45, 7) is 7.72. The molecule has 0 aliphatic heterocycles. The van der Waals surface area contributed by atoms with Crippen molar-refractivity contribution in [3.05, 3.63) is 41.8 Å². The van der Waals surface area contributed by atoms with Crippen LogP contribution in [0, 0.1) is 23.1 Å². The standard InChI is InChI=1S/C23H31FN6O/c1-5-12-27-21-17(9-10-23(2,3)11-13-26-20(31)16-25-4)15-28-22(30-21)29-19-8-6-7-18(24)14-19/h6-8,14-15,25H,5,11-13,16H2,1-4H3,(H,26,31)(H2,27,28,29,30). The largest absolute Gasteiger partial charge is 0.369 e.